The van der Waals surface area contributed by atoms with Gasteiger partial charge in [-0.25, -0.2) is 4.79 Å². The molecule has 1 aromatic carbocycles. The molecule has 0 N–H and O–H groups in total. The molecule has 1 aromatic rings. The van der Waals surface area contributed by atoms with E-state index < -0.39 is 6.09 Å². The molecular weight excluding hydrogens is 214 g/mol. The molecule has 0 heterocycles. The molecular formula is C11H10ClNO2. The number of carbonyl (C=O) groups is 1. The van der Waals surface area contributed by atoms with Crippen molar-refractivity contribution in [3.63, 3.8) is 0 Å². The molecule has 0 aromatic heterocycles. The lowest BCUT2D eigenvalue weighted by atomic mass is 10.1. The largest absolute Gasteiger partial charge is 0.432 e. The maximum Gasteiger partial charge on any atom is 0.432 e. The average molecular weight is 224 g/mol. The summed E-state index contributed by atoms with van der Waals surface area (Å²) >= 11 is 5.03. The number of halogens is 1. The van der Waals surface area contributed by atoms with Crippen molar-refractivity contribution in [2.75, 3.05) is 7.05 Å². The van der Waals surface area contributed by atoms with Gasteiger partial charge in [-0.3, -0.25) is 4.90 Å². The summed E-state index contributed by atoms with van der Waals surface area (Å²) in [5.74, 6) is 0. The first-order chi connectivity index (χ1) is 7.24. The van der Waals surface area contributed by atoms with Crippen molar-refractivity contribution in [1.29, 1.82) is 0 Å². The van der Waals surface area contributed by atoms with E-state index in [-0.39, 0.29) is 0 Å². The summed E-state index contributed by atoms with van der Waals surface area (Å²) in [7, 11) is 1.64. The van der Waals surface area contributed by atoms with Gasteiger partial charge in [0.05, 0.1) is 5.70 Å². The smallest absolute Gasteiger partial charge is 0.330 e. The van der Waals surface area contributed by atoms with Crippen LogP contribution in [0, 0.1) is 0 Å². The molecule has 0 saturated carbocycles. The Bertz CT molecular complexity index is 428. The summed E-state index contributed by atoms with van der Waals surface area (Å²) in [6, 6.07) is 7.94. The lowest BCUT2D eigenvalue weighted by Gasteiger charge is -2.16. The van der Waals surface area contributed by atoms with E-state index in [1.54, 1.807) is 7.05 Å². The molecule has 1 aliphatic rings. The van der Waals surface area contributed by atoms with Gasteiger partial charge in [0.25, 0.3) is 0 Å². The van der Waals surface area contributed by atoms with Crippen LogP contribution in [-0.2, 0) is 10.7 Å². The summed E-state index contributed by atoms with van der Waals surface area (Å²) in [6.45, 7) is 0. The standard InChI is InChI=1S/C11H10ClNO2/c1-13(11(14)15-12)10-7-6-8-4-2-3-5-9(8)10/h2-5,7H,6H2,1H3. The third kappa shape index (κ3) is 1.70. The fourth-order valence-corrected chi connectivity index (χ4v) is 1.84. The van der Waals surface area contributed by atoms with Crippen molar-refractivity contribution < 1.29 is 9.08 Å². The van der Waals surface area contributed by atoms with E-state index in [0.717, 1.165) is 17.7 Å². The molecule has 0 fully saturated rings. The van der Waals surface area contributed by atoms with Crippen LogP contribution in [0.3, 0.4) is 0 Å². The van der Waals surface area contributed by atoms with Crippen LogP contribution in [0.4, 0.5) is 4.79 Å². The van der Waals surface area contributed by atoms with Gasteiger partial charge in [-0.15, -0.1) is 0 Å². The van der Waals surface area contributed by atoms with Crippen LogP contribution in [0.15, 0.2) is 30.3 Å². The Labute approximate surface area is 93.1 Å². The topological polar surface area (TPSA) is 29.5 Å². The highest BCUT2D eigenvalue weighted by molar-refractivity contribution is 6.13. The predicted octanol–water partition coefficient (Wildman–Crippen LogP) is 2.81. The number of amides is 1. The van der Waals surface area contributed by atoms with Gasteiger partial charge in [0.15, 0.2) is 0 Å². The van der Waals surface area contributed by atoms with Crippen molar-refractivity contribution in [3.8, 4) is 0 Å². The zero-order valence-corrected chi connectivity index (χ0v) is 8.99. The van der Waals surface area contributed by atoms with Crippen LogP contribution >= 0.6 is 11.9 Å². The van der Waals surface area contributed by atoms with E-state index in [4.69, 9.17) is 11.9 Å². The maximum atomic E-state index is 11.2. The van der Waals surface area contributed by atoms with Crippen LogP contribution in [0.2, 0.25) is 0 Å². The third-order valence-corrected chi connectivity index (χ3v) is 2.64. The van der Waals surface area contributed by atoms with Crippen LogP contribution in [0.1, 0.15) is 11.1 Å². The Morgan fingerprint density at radius 2 is 2.20 bits per heavy atom. The highest BCUT2D eigenvalue weighted by Crippen LogP contribution is 2.29. The van der Waals surface area contributed by atoms with E-state index in [9.17, 15) is 4.79 Å². The number of hydrogen-bond donors (Lipinski definition) is 0. The SMILES string of the molecule is CN(C(=O)OCl)C1=CCc2ccccc21. The Hall–Kier alpha value is -1.48. The van der Waals surface area contributed by atoms with Gasteiger partial charge >= 0.3 is 6.09 Å². The Kier molecular flexibility index (Phi) is 2.64. The number of rotatable bonds is 1. The van der Waals surface area contributed by atoms with Gasteiger partial charge in [-0.05, 0) is 12.0 Å². The quantitative estimate of drug-likeness (QED) is 0.733. The highest BCUT2D eigenvalue weighted by atomic mass is 35.5. The second-order valence-electron chi connectivity index (χ2n) is 3.35. The molecule has 3 nitrogen and oxygen atoms in total. The van der Waals surface area contributed by atoms with Crippen molar-refractivity contribution in [1.82, 2.24) is 4.90 Å². The van der Waals surface area contributed by atoms with Gasteiger partial charge in [-0.1, -0.05) is 30.3 Å². The lowest BCUT2D eigenvalue weighted by molar-refractivity contribution is 0.184. The number of nitrogens with zero attached hydrogens (tertiary/aromatic N) is 1. The molecule has 0 radical (unpaired) electrons. The van der Waals surface area contributed by atoms with Crippen molar-refractivity contribution >= 4 is 23.7 Å². The monoisotopic (exact) mass is 223 g/mol. The van der Waals surface area contributed by atoms with Crippen molar-refractivity contribution in [3.05, 3.63) is 41.5 Å². The van der Waals surface area contributed by atoms with Crippen molar-refractivity contribution in [2.24, 2.45) is 0 Å². The summed E-state index contributed by atoms with van der Waals surface area (Å²) < 4.78 is 4.16. The number of carbonyl (C=O) groups excluding carboxylic acids is 1. The van der Waals surface area contributed by atoms with E-state index in [2.05, 4.69) is 4.29 Å². The summed E-state index contributed by atoms with van der Waals surface area (Å²) in [6.07, 6.45) is 2.25. The van der Waals surface area contributed by atoms with Gasteiger partial charge < -0.3 is 4.29 Å². The Morgan fingerprint density at radius 3 is 2.93 bits per heavy atom. The molecule has 78 valence electrons. The summed E-state index contributed by atoms with van der Waals surface area (Å²) in [5, 5.41) is 0. The Morgan fingerprint density at radius 1 is 1.47 bits per heavy atom. The van der Waals surface area contributed by atoms with Crippen LogP contribution in [-0.4, -0.2) is 18.0 Å². The average Bonchev–Trinajstić information content (AvgIpc) is 2.70. The van der Waals surface area contributed by atoms with E-state index in [1.807, 2.05) is 30.3 Å². The fraction of sp³-hybridized carbons (Fsp3) is 0.182. The zero-order chi connectivity index (χ0) is 10.8. The van der Waals surface area contributed by atoms with Crippen LogP contribution in [0.5, 0.6) is 0 Å². The molecule has 0 atom stereocenters. The van der Waals surface area contributed by atoms with Crippen molar-refractivity contribution in [2.45, 2.75) is 6.42 Å². The molecule has 15 heavy (non-hydrogen) atoms. The Balaban J connectivity index is 2.30. The molecule has 0 saturated heterocycles. The van der Waals surface area contributed by atoms with Gasteiger partial charge in [0.2, 0.25) is 0 Å². The summed E-state index contributed by atoms with van der Waals surface area (Å²) in [5.41, 5.74) is 3.11. The second-order valence-corrected chi connectivity index (χ2v) is 3.51. The number of fused-ring (bicyclic) bond motifs is 1. The maximum absolute atomic E-state index is 11.2. The predicted molar refractivity (Wildman–Crippen MR) is 58.2 cm³/mol. The normalized spacial score (nSPS) is 13.1. The first-order valence-corrected chi connectivity index (χ1v) is 4.89. The molecule has 0 unspecified atom stereocenters. The van der Waals surface area contributed by atoms with E-state index >= 15 is 0 Å². The number of hydrogen-bond acceptors (Lipinski definition) is 2. The molecule has 0 spiro atoms. The zero-order valence-electron chi connectivity index (χ0n) is 8.24. The first-order valence-electron chi connectivity index (χ1n) is 4.58. The first kappa shape index (κ1) is 10.1. The molecule has 1 aliphatic carbocycles. The minimum atomic E-state index is -0.570. The van der Waals surface area contributed by atoms with Gasteiger partial charge in [0, 0.05) is 12.6 Å². The molecule has 0 bridgehead atoms. The number of benzene rings is 1. The molecule has 0 aliphatic heterocycles. The highest BCUT2D eigenvalue weighted by Gasteiger charge is 2.21. The molecule has 1 amide bonds. The molecule has 4 heteroatoms. The van der Waals surface area contributed by atoms with E-state index in [0.29, 0.717) is 0 Å². The van der Waals surface area contributed by atoms with Gasteiger partial charge in [0.1, 0.15) is 11.9 Å². The second kappa shape index (κ2) is 3.95. The summed E-state index contributed by atoms with van der Waals surface area (Å²) in [4.78, 5) is 12.6. The molecule has 2 rings (SSSR count). The minimum Gasteiger partial charge on any atom is -0.330 e. The van der Waals surface area contributed by atoms with Crippen LogP contribution in [0.25, 0.3) is 5.70 Å². The number of allylic oxidation sites excluding steroid dienone is 1. The van der Waals surface area contributed by atoms with E-state index in [1.165, 1.54) is 10.5 Å². The minimum absolute atomic E-state index is 0.570. The van der Waals surface area contributed by atoms with Crippen LogP contribution < -0.4 is 0 Å². The lowest BCUT2D eigenvalue weighted by Crippen LogP contribution is -2.23. The van der Waals surface area contributed by atoms with Gasteiger partial charge in [-0.2, -0.15) is 0 Å². The fourth-order valence-electron chi connectivity index (χ4n) is 1.73. The third-order valence-electron chi connectivity index (χ3n) is 2.51.